The molecule has 0 amide bonds. The molecule has 0 fully saturated rings. The third kappa shape index (κ3) is 1100. The van der Waals surface area contributed by atoms with Crippen LogP contribution in [0.3, 0.4) is 0 Å². The van der Waals surface area contributed by atoms with Gasteiger partial charge in [0.25, 0.3) is 0 Å². The van der Waals surface area contributed by atoms with E-state index in [1.807, 2.05) is 0 Å². The van der Waals surface area contributed by atoms with Gasteiger partial charge in [-0.15, -0.1) is 17.0 Å². The van der Waals surface area contributed by atoms with E-state index in [0.717, 1.165) is 0 Å². The SMILES string of the molecule is Br.[CH2-]C(C)C.[CH2-]C(C)C.[CH2-]C(C)C.[Zr+3]. The number of rotatable bonds is 0. The van der Waals surface area contributed by atoms with Crippen LogP contribution in [0.5, 0.6) is 0 Å². The normalized spacial score (nSPS) is 7.71. The van der Waals surface area contributed by atoms with E-state index >= 15 is 0 Å². The molecule has 0 spiro atoms. The van der Waals surface area contributed by atoms with Gasteiger partial charge in [-0.25, -0.2) is 0 Å². The predicted octanol–water partition coefficient (Wildman–Crippen LogP) is 5.00. The standard InChI is InChI=1S/3C4H9.BrH.Zr/c3*1-4(2)3;;/h3*4H,1H2,2-3H3;1H;/q3*-1;;+3. The third-order valence-corrected chi connectivity index (χ3v) is 0. The molecule has 0 aliphatic heterocycles. The molecule has 0 aromatic carbocycles. The topological polar surface area (TPSA) is 0 Å². The molecule has 0 saturated heterocycles. The molecule has 0 aliphatic rings. The summed E-state index contributed by atoms with van der Waals surface area (Å²) in [6.45, 7) is 23.2. The Kier molecular flexibility index (Phi) is 50.3. The molecule has 0 aromatic rings. The van der Waals surface area contributed by atoms with Gasteiger partial charge in [0.2, 0.25) is 0 Å². The molecule has 14 heavy (non-hydrogen) atoms. The Labute approximate surface area is 123 Å². The average molecular weight is 343 g/mol. The van der Waals surface area contributed by atoms with Crippen molar-refractivity contribution in [2.75, 3.05) is 0 Å². The maximum Gasteiger partial charge on any atom is 3.00 e. The van der Waals surface area contributed by atoms with E-state index in [2.05, 4.69) is 62.3 Å². The fourth-order valence-electron chi connectivity index (χ4n) is 0. The summed E-state index contributed by atoms with van der Waals surface area (Å²) in [4.78, 5) is 0. The van der Waals surface area contributed by atoms with Gasteiger partial charge in [0.15, 0.2) is 0 Å². The summed E-state index contributed by atoms with van der Waals surface area (Å²) < 4.78 is 0. The zero-order chi connectivity index (χ0) is 10.7. The molecular formula is C12H28BrZr. The summed E-state index contributed by atoms with van der Waals surface area (Å²) in [5.41, 5.74) is 0. The van der Waals surface area contributed by atoms with Crippen LogP contribution in [0.2, 0.25) is 0 Å². The molecule has 1 radical (unpaired) electrons. The Morgan fingerprint density at radius 3 is 0.571 bits per heavy atom. The molecule has 0 saturated carbocycles. The summed E-state index contributed by atoms with van der Waals surface area (Å²) in [7, 11) is 0. The van der Waals surface area contributed by atoms with Gasteiger partial charge in [-0.1, -0.05) is 41.5 Å². The monoisotopic (exact) mass is 341 g/mol. The van der Waals surface area contributed by atoms with Crippen LogP contribution in [0.25, 0.3) is 0 Å². The van der Waals surface area contributed by atoms with Gasteiger partial charge in [-0.05, 0) is 0 Å². The van der Waals surface area contributed by atoms with Crippen molar-refractivity contribution < 1.29 is 26.2 Å². The van der Waals surface area contributed by atoms with E-state index in [4.69, 9.17) is 0 Å². The first kappa shape index (κ1) is 29.5. The van der Waals surface area contributed by atoms with Crippen molar-refractivity contribution in [3.63, 3.8) is 0 Å². The second-order valence-electron chi connectivity index (χ2n) is 4.18. The molecule has 0 atom stereocenters. The summed E-state index contributed by atoms with van der Waals surface area (Å²) in [6.07, 6.45) is 0. The second-order valence-corrected chi connectivity index (χ2v) is 4.18. The van der Waals surface area contributed by atoms with E-state index in [9.17, 15) is 0 Å². The quantitative estimate of drug-likeness (QED) is 0.543. The van der Waals surface area contributed by atoms with Gasteiger partial charge in [-0.3, -0.25) is 0 Å². The Balaban J connectivity index is -0.0000000270. The minimum Gasteiger partial charge on any atom is -0.341 e. The van der Waals surface area contributed by atoms with Crippen LogP contribution >= 0.6 is 17.0 Å². The van der Waals surface area contributed by atoms with Gasteiger partial charge in [0.05, 0.1) is 0 Å². The van der Waals surface area contributed by atoms with Crippen molar-refractivity contribution in [1.29, 1.82) is 0 Å². The van der Waals surface area contributed by atoms with Gasteiger partial charge >= 0.3 is 26.2 Å². The number of halogens is 1. The minimum atomic E-state index is 0. The molecule has 0 aromatic heterocycles. The molecule has 0 aliphatic carbocycles. The molecule has 0 rings (SSSR count). The van der Waals surface area contributed by atoms with E-state index < -0.39 is 0 Å². The van der Waals surface area contributed by atoms with Crippen molar-refractivity contribution in [3.05, 3.63) is 20.8 Å². The van der Waals surface area contributed by atoms with Crippen LogP contribution in [-0.4, -0.2) is 0 Å². The Hall–Kier alpha value is 1.36. The fraction of sp³-hybridized carbons (Fsp3) is 0.750. The van der Waals surface area contributed by atoms with Crippen LogP contribution in [-0.2, 0) is 26.2 Å². The summed E-state index contributed by atoms with van der Waals surface area (Å²) in [5, 5.41) is 0. The van der Waals surface area contributed by atoms with Crippen molar-refractivity contribution in [2.45, 2.75) is 41.5 Å². The average Bonchev–Trinajstić information content (AvgIpc) is 1.54. The second kappa shape index (κ2) is 23.9. The van der Waals surface area contributed by atoms with Crippen LogP contribution in [0.1, 0.15) is 41.5 Å². The van der Waals surface area contributed by atoms with Crippen LogP contribution < -0.4 is 0 Å². The van der Waals surface area contributed by atoms with Crippen molar-refractivity contribution in [2.24, 2.45) is 17.8 Å². The summed E-state index contributed by atoms with van der Waals surface area (Å²) in [5.74, 6) is 1.75. The Bertz CT molecular complexity index is 38.8. The first-order chi connectivity index (χ1) is 5.20. The minimum absolute atomic E-state index is 0. The molecule has 0 bridgehead atoms. The third-order valence-electron chi connectivity index (χ3n) is 0. The van der Waals surface area contributed by atoms with Crippen molar-refractivity contribution in [1.82, 2.24) is 0 Å². The van der Waals surface area contributed by atoms with Crippen molar-refractivity contribution in [3.8, 4) is 0 Å². The van der Waals surface area contributed by atoms with Gasteiger partial charge < -0.3 is 20.8 Å². The van der Waals surface area contributed by atoms with E-state index in [1.54, 1.807) is 0 Å². The smallest absolute Gasteiger partial charge is 0.341 e. The Morgan fingerprint density at radius 2 is 0.571 bits per heavy atom. The first-order valence-corrected chi connectivity index (χ1v) is 4.69. The van der Waals surface area contributed by atoms with Crippen LogP contribution in [0.15, 0.2) is 0 Å². The van der Waals surface area contributed by atoms with Crippen LogP contribution in [0, 0.1) is 38.5 Å². The first-order valence-electron chi connectivity index (χ1n) is 4.69. The molecule has 0 unspecified atom stereocenters. The summed E-state index contributed by atoms with van der Waals surface area (Å²) >= 11 is 0. The Morgan fingerprint density at radius 1 is 0.571 bits per heavy atom. The summed E-state index contributed by atoms with van der Waals surface area (Å²) in [6, 6.07) is 0. The molecular weight excluding hydrogens is 315 g/mol. The zero-order valence-electron chi connectivity index (χ0n) is 10.8. The van der Waals surface area contributed by atoms with E-state index in [0.29, 0.717) is 17.8 Å². The van der Waals surface area contributed by atoms with Crippen LogP contribution in [0.4, 0.5) is 0 Å². The fourth-order valence-corrected chi connectivity index (χ4v) is 0. The number of hydrogen-bond donors (Lipinski definition) is 0. The maximum absolute atomic E-state index is 3.64. The molecule has 87 valence electrons. The van der Waals surface area contributed by atoms with Gasteiger partial charge in [-0.2, -0.15) is 17.8 Å². The van der Waals surface area contributed by atoms with E-state index in [1.165, 1.54) is 0 Å². The molecule has 0 N–H and O–H groups in total. The van der Waals surface area contributed by atoms with Gasteiger partial charge in [0, 0.05) is 0 Å². The number of hydrogen-bond acceptors (Lipinski definition) is 0. The predicted molar refractivity (Wildman–Crippen MR) is 70.9 cm³/mol. The molecule has 0 nitrogen and oxygen atoms in total. The molecule has 2 heteroatoms. The zero-order valence-corrected chi connectivity index (χ0v) is 14.9. The largest absolute Gasteiger partial charge is 3.00 e. The van der Waals surface area contributed by atoms with Crippen molar-refractivity contribution >= 4 is 17.0 Å². The maximum atomic E-state index is 3.64. The van der Waals surface area contributed by atoms with E-state index in [-0.39, 0.29) is 43.2 Å². The van der Waals surface area contributed by atoms with Gasteiger partial charge in [0.1, 0.15) is 0 Å². The molecule has 0 heterocycles.